The van der Waals surface area contributed by atoms with E-state index in [4.69, 9.17) is 19.1 Å². The van der Waals surface area contributed by atoms with Crippen molar-refractivity contribution in [1.82, 2.24) is 19.9 Å². The Balaban J connectivity index is 1.33. The third-order valence-corrected chi connectivity index (χ3v) is 5.93. The molecule has 2 aromatic carbocycles. The fraction of sp³-hybridized carbons (Fsp3) is 0.261. The van der Waals surface area contributed by atoms with Crippen molar-refractivity contribution >= 4 is 11.8 Å². The molecule has 8 heteroatoms. The lowest BCUT2D eigenvalue weighted by molar-refractivity contribution is -0.00115. The molecule has 0 N–H and O–H groups in total. The SMILES string of the molecule is CCOc1ccc([C@H]2Cn3nc(-c4nc(-c5ccc(SC)cc5)no4)cc3CO2)cc1. The summed E-state index contributed by atoms with van der Waals surface area (Å²) in [5, 5.41) is 8.82. The maximum atomic E-state index is 6.07. The fourth-order valence-electron chi connectivity index (χ4n) is 3.56. The smallest absolute Gasteiger partial charge is 0.278 e. The molecule has 2 aromatic heterocycles. The summed E-state index contributed by atoms with van der Waals surface area (Å²) in [7, 11) is 0. The van der Waals surface area contributed by atoms with Crippen LogP contribution in [0.1, 0.15) is 24.3 Å². The molecule has 1 aliphatic heterocycles. The topological polar surface area (TPSA) is 75.2 Å². The molecule has 0 fully saturated rings. The van der Waals surface area contributed by atoms with E-state index < -0.39 is 0 Å². The molecule has 0 radical (unpaired) electrons. The van der Waals surface area contributed by atoms with Crippen LogP contribution in [0.5, 0.6) is 5.75 Å². The fourth-order valence-corrected chi connectivity index (χ4v) is 3.97. The van der Waals surface area contributed by atoms with Crippen LogP contribution in [0, 0.1) is 0 Å². The molecular formula is C23H22N4O3S. The van der Waals surface area contributed by atoms with Crippen LogP contribution in [0.3, 0.4) is 0 Å². The van der Waals surface area contributed by atoms with Gasteiger partial charge in [0.1, 0.15) is 11.9 Å². The highest BCUT2D eigenvalue weighted by Gasteiger charge is 2.24. The van der Waals surface area contributed by atoms with E-state index in [9.17, 15) is 0 Å². The second kappa shape index (κ2) is 8.56. The Hall–Kier alpha value is -3.10. The summed E-state index contributed by atoms with van der Waals surface area (Å²) in [6, 6.07) is 18.0. The average Bonchev–Trinajstić information content (AvgIpc) is 3.47. The highest BCUT2D eigenvalue weighted by molar-refractivity contribution is 7.98. The minimum absolute atomic E-state index is 0.0656. The molecule has 0 aliphatic carbocycles. The van der Waals surface area contributed by atoms with Crippen LogP contribution in [0.25, 0.3) is 23.0 Å². The predicted molar refractivity (Wildman–Crippen MR) is 118 cm³/mol. The Morgan fingerprint density at radius 1 is 1.13 bits per heavy atom. The van der Waals surface area contributed by atoms with Gasteiger partial charge in [0.2, 0.25) is 5.82 Å². The van der Waals surface area contributed by atoms with Gasteiger partial charge in [-0.25, -0.2) is 0 Å². The summed E-state index contributed by atoms with van der Waals surface area (Å²) in [6.45, 7) is 3.73. The minimum atomic E-state index is -0.0656. The second-order valence-corrected chi connectivity index (χ2v) is 8.04. The van der Waals surface area contributed by atoms with Gasteiger partial charge in [-0.05, 0) is 61.2 Å². The number of hydrogen-bond donors (Lipinski definition) is 0. The minimum Gasteiger partial charge on any atom is -0.494 e. The number of benzene rings is 2. The Morgan fingerprint density at radius 3 is 2.68 bits per heavy atom. The third-order valence-electron chi connectivity index (χ3n) is 5.19. The summed E-state index contributed by atoms with van der Waals surface area (Å²) in [5.74, 6) is 1.82. The van der Waals surface area contributed by atoms with Gasteiger partial charge in [0.25, 0.3) is 5.89 Å². The molecule has 7 nitrogen and oxygen atoms in total. The van der Waals surface area contributed by atoms with E-state index in [1.807, 2.05) is 72.5 Å². The third kappa shape index (κ3) is 4.08. The van der Waals surface area contributed by atoms with Gasteiger partial charge in [0.15, 0.2) is 5.69 Å². The van der Waals surface area contributed by atoms with E-state index in [0.717, 1.165) is 22.6 Å². The molecule has 0 amide bonds. The van der Waals surface area contributed by atoms with Crippen molar-refractivity contribution in [1.29, 1.82) is 0 Å². The Labute approximate surface area is 184 Å². The molecule has 4 aromatic rings. The number of rotatable bonds is 6. The lowest BCUT2D eigenvalue weighted by Gasteiger charge is -2.24. The van der Waals surface area contributed by atoms with E-state index in [0.29, 0.717) is 37.2 Å². The van der Waals surface area contributed by atoms with E-state index in [-0.39, 0.29) is 6.10 Å². The molecule has 0 saturated carbocycles. The first-order valence-electron chi connectivity index (χ1n) is 10.1. The van der Waals surface area contributed by atoms with Gasteiger partial charge in [-0.3, -0.25) is 4.68 Å². The Morgan fingerprint density at radius 2 is 1.94 bits per heavy atom. The van der Waals surface area contributed by atoms with Crippen LogP contribution in [0.2, 0.25) is 0 Å². The summed E-state index contributed by atoms with van der Waals surface area (Å²) >= 11 is 1.70. The summed E-state index contributed by atoms with van der Waals surface area (Å²) in [4.78, 5) is 5.73. The first-order chi connectivity index (χ1) is 15.2. The molecule has 31 heavy (non-hydrogen) atoms. The zero-order valence-electron chi connectivity index (χ0n) is 17.3. The first kappa shape index (κ1) is 19.8. The number of fused-ring (bicyclic) bond motifs is 1. The number of aromatic nitrogens is 4. The van der Waals surface area contributed by atoms with Crippen LogP contribution in [0.15, 0.2) is 64.0 Å². The van der Waals surface area contributed by atoms with Crippen molar-refractivity contribution in [2.75, 3.05) is 12.9 Å². The quantitative estimate of drug-likeness (QED) is 0.396. The van der Waals surface area contributed by atoms with Crippen molar-refractivity contribution in [2.45, 2.75) is 31.1 Å². The monoisotopic (exact) mass is 434 g/mol. The maximum Gasteiger partial charge on any atom is 0.278 e. The van der Waals surface area contributed by atoms with E-state index >= 15 is 0 Å². The van der Waals surface area contributed by atoms with E-state index in [1.165, 1.54) is 4.90 Å². The summed E-state index contributed by atoms with van der Waals surface area (Å²) < 4.78 is 19.0. The highest BCUT2D eigenvalue weighted by Crippen LogP contribution is 2.30. The molecule has 1 atom stereocenters. The average molecular weight is 435 g/mol. The van der Waals surface area contributed by atoms with Gasteiger partial charge < -0.3 is 14.0 Å². The zero-order chi connectivity index (χ0) is 21.2. The zero-order valence-corrected chi connectivity index (χ0v) is 18.1. The molecular weight excluding hydrogens is 412 g/mol. The van der Waals surface area contributed by atoms with Crippen molar-refractivity contribution in [3.05, 3.63) is 65.9 Å². The number of thioether (sulfide) groups is 1. The summed E-state index contributed by atoms with van der Waals surface area (Å²) in [6.07, 6.45) is 1.98. The molecule has 0 spiro atoms. The lowest BCUT2D eigenvalue weighted by Crippen LogP contribution is -2.21. The van der Waals surface area contributed by atoms with Crippen molar-refractivity contribution < 1.29 is 14.0 Å². The molecule has 0 bridgehead atoms. The highest BCUT2D eigenvalue weighted by atomic mass is 32.2. The van der Waals surface area contributed by atoms with Crippen LogP contribution >= 0.6 is 11.8 Å². The van der Waals surface area contributed by atoms with Crippen molar-refractivity contribution in [3.63, 3.8) is 0 Å². The number of ether oxygens (including phenoxy) is 2. The lowest BCUT2D eigenvalue weighted by atomic mass is 10.1. The molecule has 158 valence electrons. The normalized spacial score (nSPS) is 15.6. The van der Waals surface area contributed by atoms with Gasteiger partial charge in [-0.15, -0.1) is 11.8 Å². The van der Waals surface area contributed by atoms with Gasteiger partial charge in [0, 0.05) is 10.5 Å². The van der Waals surface area contributed by atoms with Crippen LogP contribution in [-0.4, -0.2) is 32.8 Å². The second-order valence-electron chi connectivity index (χ2n) is 7.16. The van der Waals surface area contributed by atoms with E-state index in [1.54, 1.807) is 11.8 Å². The first-order valence-corrected chi connectivity index (χ1v) is 11.4. The molecule has 0 saturated heterocycles. The van der Waals surface area contributed by atoms with Gasteiger partial charge in [0.05, 0.1) is 25.5 Å². The van der Waals surface area contributed by atoms with Crippen molar-refractivity contribution in [3.8, 4) is 28.7 Å². The number of nitrogens with zero attached hydrogens (tertiary/aromatic N) is 4. The van der Waals surface area contributed by atoms with Crippen LogP contribution in [0.4, 0.5) is 0 Å². The van der Waals surface area contributed by atoms with E-state index in [2.05, 4.69) is 10.1 Å². The van der Waals surface area contributed by atoms with Gasteiger partial charge in [-0.1, -0.05) is 17.3 Å². The Bertz CT molecular complexity index is 1170. The van der Waals surface area contributed by atoms with Crippen LogP contribution in [-0.2, 0) is 17.9 Å². The molecule has 3 heterocycles. The van der Waals surface area contributed by atoms with Crippen molar-refractivity contribution in [2.24, 2.45) is 0 Å². The van der Waals surface area contributed by atoms with Gasteiger partial charge >= 0.3 is 0 Å². The van der Waals surface area contributed by atoms with Crippen LogP contribution < -0.4 is 4.74 Å². The summed E-state index contributed by atoms with van der Waals surface area (Å²) in [5.41, 5.74) is 3.65. The standard InChI is InChI=1S/C23H22N4O3S/c1-3-28-18-8-4-15(5-9-18)21-13-27-17(14-29-21)12-20(25-27)23-24-22(26-30-23)16-6-10-19(31-2)11-7-16/h4-12,21H,3,13-14H2,1-2H3/t21-/m1/s1. The molecule has 0 unspecified atom stereocenters. The number of hydrogen-bond acceptors (Lipinski definition) is 7. The predicted octanol–water partition coefficient (Wildman–Crippen LogP) is 4.99. The molecule has 1 aliphatic rings. The molecule has 5 rings (SSSR count). The maximum absolute atomic E-state index is 6.07. The largest absolute Gasteiger partial charge is 0.494 e. The Kier molecular flexibility index (Phi) is 5.48. The van der Waals surface area contributed by atoms with Gasteiger partial charge in [-0.2, -0.15) is 10.1 Å².